The molecule has 0 saturated carbocycles. The molecule has 0 radical (unpaired) electrons. The first-order chi connectivity index (χ1) is 13.3. The number of hydrogen-bond acceptors (Lipinski definition) is 8. The molecule has 4 rings (SSSR count). The van der Waals surface area contributed by atoms with E-state index in [1.807, 2.05) is 42.5 Å². The molecule has 2 aromatic heterocycles. The summed E-state index contributed by atoms with van der Waals surface area (Å²) in [5, 5.41) is 17.1. The number of aromatic nitrogens is 4. The average Bonchev–Trinajstić information content (AvgIpc) is 3.36. The lowest BCUT2D eigenvalue weighted by atomic mass is 10.2. The Labute approximate surface area is 163 Å². The Morgan fingerprint density at radius 3 is 2.44 bits per heavy atom. The number of nitrogens with zero attached hydrogens (tertiary/aromatic N) is 4. The second-order valence-corrected chi connectivity index (χ2v) is 6.72. The van der Waals surface area contributed by atoms with Crippen molar-refractivity contribution >= 4 is 23.4 Å². The summed E-state index contributed by atoms with van der Waals surface area (Å²) in [6, 6.07) is 16.6. The Balaban J connectivity index is 1.32. The predicted molar refractivity (Wildman–Crippen MR) is 99.4 cm³/mol. The lowest BCUT2D eigenvalue weighted by molar-refractivity contribution is 0.252. The van der Waals surface area contributed by atoms with Gasteiger partial charge in [-0.2, -0.15) is 0 Å². The first-order valence-electron chi connectivity index (χ1n) is 7.97. The lowest BCUT2D eigenvalue weighted by Gasteiger charge is -2.01. The quantitative estimate of drug-likeness (QED) is 0.414. The van der Waals surface area contributed by atoms with Crippen molar-refractivity contribution in [3.8, 4) is 17.2 Å². The summed E-state index contributed by atoms with van der Waals surface area (Å²) in [4.78, 5) is 0. The monoisotopic (exact) mass is 400 g/mol. The van der Waals surface area contributed by atoms with Gasteiger partial charge in [0.25, 0.3) is 11.1 Å². The molecule has 0 bridgehead atoms. The third-order valence-electron chi connectivity index (χ3n) is 3.43. The number of hydrogen-bond donors (Lipinski definition) is 0. The second kappa shape index (κ2) is 8.24. The maximum absolute atomic E-state index is 5.88. The van der Waals surface area contributed by atoms with E-state index in [2.05, 4.69) is 20.4 Å². The first-order valence-corrected chi connectivity index (χ1v) is 9.34. The van der Waals surface area contributed by atoms with Crippen molar-refractivity contribution in [1.29, 1.82) is 0 Å². The van der Waals surface area contributed by atoms with Crippen LogP contribution in [0, 0.1) is 0 Å². The van der Waals surface area contributed by atoms with E-state index in [-0.39, 0.29) is 6.61 Å². The van der Waals surface area contributed by atoms with E-state index in [1.54, 1.807) is 12.1 Å². The van der Waals surface area contributed by atoms with Crippen LogP contribution in [-0.4, -0.2) is 20.4 Å². The highest BCUT2D eigenvalue weighted by molar-refractivity contribution is 7.98. The molecule has 0 atom stereocenters. The fourth-order valence-corrected chi connectivity index (χ4v) is 2.90. The summed E-state index contributed by atoms with van der Waals surface area (Å²) in [5.41, 5.74) is 0.807. The molecular weight excluding hydrogens is 388 g/mol. The van der Waals surface area contributed by atoms with Crippen LogP contribution in [0.4, 0.5) is 0 Å². The number of benzene rings is 2. The zero-order valence-corrected chi connectivity index (χ0v) is 15.5. The highest BCUT2D eigenvalue weighted by Gasteiger charge is 2.12. The molecule has 0 aliphatic carbocycles. The molecule has 136 valence electrons. The standard InChI is InChI=1S/C18H13ClN4O3S/c19-13-8-6-12(7-9-13)17-22-21-16(25-17)11-27-18-23-20-15(26-18)10-24-14-4-2-1-3-5-14/h1-9H,10-11H2. The molecule has 0 fully saturated rings. The van der Waals surface area contributed by atoms with Crippen LogP contribution in [0.15, 0.2) is 68.7 Å². The maximum Gasteiger partial charge on any atom is 0.277 e. The van der Waals surface area contributed by atoms with Crippen LogP contribution in [0.5, 0.6) is 5.75 Å². The van der Waals surface area contributed by atoms with Gasteiger partial charge in [-0.3, -0.25) is 0 Å². The zero-order chi connectivity index (χ0) is 18.5. The fraction of sp³-hybridized carbons (Fsp3) is 0.111. The summed E-state index contributed by atoms with van der Waals surface area (Å²) >= 11 is 7.19. The molecule has 0 saturated heterocycles. The molecule has 0 aliphatic heterocycles. The highest BCUT2D eigenvalue weighted by Crippen LogP contribution is 2.24. The minimum absolute atomic E-state index is 0.207. The van der Waals surface area contributed by atoms with Crippen LogP contribution in [0.25, 0.3) is 11.5 Å². The van der Waals surface area contributed by atoms with Gasteiger partial charge >= 0.3 is 0 Å². The van der Waals surface area contributed by atoms with Crippen molar-refractivity contribution < 1.29 is 13.6 Å². The fourth-order valence-electron chi connectivity index (χ4n) is 2.16. The van der Waals surface area contributed by atoms with Crippen LogP contribution < -0.4 is 4.74 Å². The minimum Gasteiger partial charge on any atom is -0.484 e. The first kappa shape index (κ1) is 17.6. The number of thioether (sulfide) groups is 1. The van der Waals surface area contributed by atoms with E-state index < -0.39 is 0 Å². The Bertz CT molecular complexity index is 1000. The number of para-hydroxylation sites is 1. The van der Waals surface area contributed by atoms with Crippen LogP contribution in [0.1, 0.15) is 11.8 Å². The maximum atomic E-state index is 5.88. The Morgan fingerprint density at radius 1 is 0.852 bits per heavy atom. The van der Waals surface area contributed by atoms with E-state index in [0.717, 1.165) is 11.3 Å². The smallest absolute Gasteiger partial charge is 0.277 e. The van der Waals surface area contributed by atoms with Crippen molar-refractivity contribution in [2.45, 2.75) is 17.6 Å². The number of ether oxygens (including phenoxy) is 1. The van der Waals surface area contributed by atoms with Crippen molar-refractivity contribution in [2.24, 2.45) is 0 Å². The largest absolute Gasteiger partial charge is 0.484 e. The molecule has 27 heavy (non-hydrogen) atoms. The molecule has 0 aliphatic rings. The van der Waals surface area contributed by atoms with E-state index in [1.165, 1.54) is 11.8 Å². The lowest BCUT2D eigenvalue weighted by Crippen LogP contribution is -1.95. The molecule has 0 amide bonds. The van der Waals surface area contributed by atoms with E-state index >= 15 is 0 Å². The molecule has 0 spiro atoms. The molecule has 7 nitrogen and oxygen atoms in total. The summed E-state index contributed by atoms with van der Waals surface area (Å²) in [6.07, 6.45) is 0. The van der Waals surface area contributed by atoms with Crippen molar-refractivity contribution in [3.63, 3.8) is 0 Å². The Kier molecular flexibility index (Phi) is 5.36. The van der Waals surface area contributed by atoms with Crippen LogP contribution in [-0.2, 0) is 12.4 Å². The second-order valence-electron chi connectivity index (χ2n) is 5.36. The minimum atomic E-state index is 0.207. The van der Waals surface area contributed by atoms with Crippen LogP contribution in [0.2, 0.25) is 5.02 Å². The van der Waals surface area contributed by atoms with Gasteiger partial charge in [-0.15, -0.1) is 20.4 Å². The zero-order valence-electron chi connectivity index (χ0n) is 13.9. The Morgan fingerprint density at radius 2 is 1.63 bits per heavy atom. The van der Waals surface area contributed by atoms with Gasteiger partial charge in [0.2, 0.25) is 11.8 Å². The van der Waals surface area contributed by atoms with Gasteiger partial charge in [-0.25, -0.2) is 0 Å². The van der Waals surface area contributed by atoms with Crippen LogP contribution >= 0.6 is 23.4 Å². The van der Waals surface area contributed by atoms with Gasteiger partial charge in [0.15, 0.2) is 6.61 Å². The molecular formula is C18H13ClN4O3S. The van der Waals surface area contributed by atoms with Gasteiger partial charge in [0.05, 0.1) is 5.75 Å². The third-order valence-corrected chi connectivity index (χ3v) is 4.49. The van der Waals surface area contributed by atoms with Gasteiger partial charge in [0.1, 0.15) is 5.75 Å². The van der Waals surface area contributed by atoms with Gasteiger partial charge < -0.3 is 13.6 Å². The topological polar surface area (TPSA) is 87.1 Å². The van der Waals surface area contributed by atoms with Gasteiger partial charge in [0, 0.05) is 10.6 Å². The van der Waals surface area contributed by atoms with Crippen LogP contribution in [0.3, 0.4) is 0 Å². The van der Waals surface area contributed by atoms with E-state index in [9.17, 15) is 0 Å². The van der Waals surface area contributed by atoms with Crippen molar-refractivity contribution in [3.05, 3.63) is 71.4 Å². The molecule has 0 unspecified atom stereocenters. The van der Waals surface area contributed by atoms with E-state index in [0.29, 0.717) is 33.7 Å². The molecule has 2 heterocycles. The average molecular weight is 401 g/mol. The highest BCUT2D eigenvalue weighted by atomic mass is 35.5. The van der Waals surface area contributed by atoms with Crippen molar-refractivity contribution in [1.82, 2.24) is 20.4 Å². The van der Waals surface area contributed by atoms with E-state index in [4.69, 9.17) is 25.2 Å². The van der Waals surface area contributed by atoms with Gasteiger partial charge in [-0.1, -0.05) is 41.6 Å². The predicted octanol–water partition coefficient (Wildman–Crippen LogP) is 4.64. The summed E-state index contributed by atoms with van der Waals surface area (Å²) in [5.74, 6) is 2.45. The Hall–Kier alpha value is -2.84. The molecule has 4 aromatic rings. The van der Waals surface area contributed by atoms with Gasteiger partial charge in [-0.05, 0) is 36.4 Å². The number of halogens is 1. The van der Waals surface area contributed by atoms with Crippen molar-refractivity contribution in [2.75, 3.05) is 0 Å². The number of rotatable bonds is 7. The SMILES string of the molecule is Clc1ccc(-c2nnc(CSc3nnc(COc4ccccc4)o3)o2)cc1. The third kappa shape index (κ3) is 4.66. The molecule has 2 aromatic carbocycles. The summed E-state index contributed by atoms with van der Waals surface area (Å²) < 4.78 is 16.8. The molecule has 9 heteroatoms. The molecule has 0 N–H and O–H groups in total. The normalized spacial score (nSPS) is 10.9. The summed E-state index contributed by atoms with van der Waals surface area (Å²) in [6.45, 7) is 0.207. The summed E-state index contributed by atoms with van der Waals surface area (Å²) in [7, 11) is 0.